The first-order valence-corrected chi connectivity index (χ1v) is 21.9. The number of ether oxygens (including phenoxy) is 2. The van der Waals surface area contributed by atoms with Crippen molar-refractivity contribution in [1.29, 1.82) is 0 Å². The Morgan fingerprint density at radius 3 is 1.96 bits per heavy atom. The van der Waals surface area contributed by atoms with Crippen molar-refractivity contribution >= 4 is 19.8 Å². The van der Waals surface area contributed by atoms with Crippen LogP contribution in [0, 0.1) is 0 Å². The molecule has 0 aliphatic carbocycles. The number of aliphatic hydroxyl groups is 1. The van der Waals surface area contributed by atoms with E-state index < -0.39 is 38.6 Å². The van der Waals surface area contributed by atoms with E-state index in [4.69, 9.17) is 18.5 Å². The lowest BCUT2D eigenvalue weighted by Crippen LogP contribution is -2.37. The molecule has 0 aliphatic heterocycles. The van der Waals surface area contributed by atoms with E-state index in [9.17, 15) is 24.2 Å². The fourth-order valence-electron chi connectivity index (χ4n) is 4.75. The first-order valence-electron chi connectivity index (χ1n) is 20.4. The maximum Gasteiger partial charge on any atom is 0.472 e. The standard InChI is InChI=1S/C44H74NO9P/c1-6-8-10-11-12-13-17-21-24-27-31-35-43(47)51-39-42(40-53-55(49,50)52-38-37-45(3,4)5)54-44(48)36-32-28-25-22-19-16-14-15-18-20-23-26-30-34-41(46)33-29-9-7-2/h9,11-12,15-16,18-19,23,25-26,28-30,34,41-42,46H,6-8,10,13-14,17,20-22,24,27,31-33,35-40H2,1-5H3/p+1/b12-11-,18-15-,19-16-,26-23+,28-25-,29-9-,34-30+/t41?,42-/m1/s1. The lowest BCUT2D eigenvalue weighted by Gasteiger charge is -2.24. The number of carbonyl (C=O) groups excluding carboxylic acids is 2. The van der Waals surface area contributed by atoms with Crippen LogP contribution in [0.1, 0.15) is 123 Å². The normalized spacial score (nSPS) is 15.1. The second-order valence-corrected chi connectivity index (χ2v) is 15.9. The summed E-state index contributed by atoms with van der Waals surface area (Å²) in [6.07, 6.45) is 41.3. The van der Waals surface area contributed by atoms with Crippen molar-refractivity contribution in [1.82, 2.24) is 0 Å². The summed E-state index contributed by atoms with van der Waals surface area (Å²) in [5.41, 5.74) is 0. The van der Waals surface area contributed by atoms with Crippen molar-refractivity contribution in [3.63, 3.8) is 0 Å². The summed E-state index contributed by atoms with van der Waals surface area (Å²) in [5.74, 6) is -0.940. The Kier molecular flexibility index (Phi) is 33.7. The number of rotatable bonds is 35. The molecule has 0 aromatic heterocycles. The first kappa shape index (κ1) is 52.2. The number of esters is 2. The minimum atomic E-state index is -4.41. The molecule has 0 aromatic carbocycles. The van der Waals surface area contributed by atoms with Crippen molar-refractivity contribution in [2.75, 3.05) is 47.5 Å². The maximum atomic E-state index is 12.6. The van der Waals surface area contributed by atoms with Crippen molar-refractivity contribution in [2.45, 2.75) is 135 Å². The number of phosphoric ester groups is 1. The number of allylic oxidation sites excluding steroid dienone is 12. The average molecular weight is 793 g/mol. The Morgan fingerprint density at radius 2 is 1.29 bits per heavy atom. The third-order valence-corrected chi connectivity index (χ3v) is 8.99. The van der Waals surface area contributed by atoms with Gasteiger partial charge in [-0.25, -0.2) is 4.57 Å². The molecule has 0 spiro atoms. The summed E-state index contributed by atoms with van der Waals surface area (Å²) in [7, 11) is 1.38. The molecule has 0 bridgehead atoms. The van der Waals surface area contributed by atoms with Gasteiger partial charge in [0.25, 0.3) is 0 Å². The van der Waals surface area contributed by atoms with Crippen LogP contribution in [0.15, 0.2) is 85.1 Å². The fourth-order valence-corrected chi connectivity index (χ4v) is 5.49. The SMILES string of the molecule is CC/C=C\CC(O)/C=C/C=C/C/C=C\C/C=C\C/C=C\CCC(=O)O[C@H](COC(=O)CCCCCCC/C=C\CCCC)COP(=O)(O)OCC[N+](C)(C)C. The molecule has 2 N–H and O–H groups in total. The van der Waals surface area contributed by atoms with Crippen LogP contribution in [-0.4, -0.2) is 86.1 Å². The number of phosphoric acid groups is 1. The minimum absolute atomic E-state index is 0.00516. The van der Waals surface area contributed by atoms with Crippen LogP contribution in [-0.2, 0) is 32.7 Å². The van der Waals surface area contributed by atoms with Gasteiger partial charge >= 0.3 is 19.8 Å². The van der Waals surface area contributed by atoms with Crippen LogP contribution < -0.4 is 0 Å². The van der Waals surface area contributed by atoms with E-state index >= 15 is 0 Å². The van der Waals surface area contributed by atoms with Gasteiger partial charge in [-0.1, -0.05) is 131 Å². The molecule has 0 rings (SSSR count). The third-order valence-electron chi connectivity index (χ3n) is 8.00. The number of nitrogens with zero attached hydrogens (tertiary/aromatic N) is 1. The predicted octanol–water partition coefficient (Wildman–Crippen LogP) is 10.2. The van der Waals surface area contributed by atoms with E-state index in [-0.39, 0.29) is 26.1 Å². The van der Waals surface area contributed by atoms with Crippen molar-refractivity contribution in [2.24, 2.45) is 0 Å². The van der Waals surface area contributed by atoms with Crippen LogP contribution in [0.3, 0.4) is 0 Å². The number of carbonyl (C=O) groups is 2. The Morgan fingerprint density at radius 1 is 0.673 bits per heavy atom. The highest BCUT2D eigenvalue weighted by molar-refractivity contribution is 7.47. The summed E-state index contributed by atoms with van der Waals surface area (Å²) in [6, 6.07) is 0. The Balaban J connectivity index is 4.60. The molecule has 0 aliphatic rings. The molecule has 314 valence electrons. The van der Waals surface area contributed by atoms with Gasteiger partial charge in [-0.3, -0.25) is 18.6 Å². The second kappa shape index (κ2) is 35.6. The minimum Gasteiger partial charge on any atom is -0.462 e. The van der Waals surface area contributed by atoms with Crippen LogP contribution in [0.25, 0.3) is 0 Å². The van der Waals surface area contributed by atoms with E-state index in [1.54, 1.807) is 6.08 Å². The van der Waals surface area contributed by atoms with E-state index in [2.05, 4.69) is 50.3 Å². The van der Waals surface area contributed by atoms with Crippen LogP contribution in [0.5, 0.6) is 0 Å². The highest BCUT2D eigenvalue weighted by Gasteiger charge is 2.27. The lowest BCUT2D eigenvalue weighted by molar-refractivity contribution is -0.870. The number of hydrogen-bond acceptors (Lipinski definition) is 8. The van der Waals surface area contributed by atoms with Crippen LogP contribution in [0.4, 0.5) is 0 Å². The van der Waals surface area contributed by atoms with Gasteiger partial charge in [-0.2, -0.15) is 0 Å². The van der Waals surface area contributed by atoms with Crippen LogP contribution >= 0.6 is 7.82 Å². The van der Waals surface area contributed by atoms with Gasteiger partial charge in [0, 0.05) is 12.8 Å². The summed E-state index contributed by atoms with van der Waals surface area (Å²) in [6.45, 7) is 4.03. The van der Waals surface area contributed by atoms with E-state index in [0.29, 0.717) is 30.3 Å². The van der Waals surface area contributed by atoms with Crippen molar-refractivity contribution in [3.8, 4) is 0 Å². The van der Waals surface area contributed by atoms with Gasteiger partial charge in [-0.05, 0) is 64.2 Å². The molecule has 0 fully saturated rings. The van der Waals surface area contributed by atoms with Crippen LogP contribution in [0.2, 0.25) is 0 Å². The van der Waals surface area contributed by atoms with Gasteiger partial charge in [-0.15, -0.1) is 0 Å². The molecular weight excluding hydrogens is 717 g/mol. The van der Waals surface area contributed by atoms with Gasteiger partial charge in [0.15, 0.2) is 6.10 Å². The number of hydrogen-bond donors (Lipinski definition) is 2. The summed E-state index contributed by atoms with van der Waals surface area (Å²) >= 11 is 0. The van der Waals surface area contributed by atoms with Gasteiger partial charge < -0.3 is 24.0 Å². The van der Waals surface area contributed by atoms with Gasteiger partial charge in [0.05, 0.1) is 33.9 Å². The van der Waals surface area contributed by atoms with E-state index in [1.165, 1.54) is 12.8 Å². The zero-order chi connectivity index (χ0) is 40.9. The molecular formula is C44H75NO9P+. The second-order valence-electron chi connectivity index (χ2n) is 14.5. The molecule has 0 amide bonds. The molecule has 2 unspecified atom stereocenters. The zero-order valence-corrected chi connectivity index (χ0v) is 35.6. The summed E-state index contributed by atoms with van der Waals surface area (Å²) in [4.78, 5) is 35.2. The third kappa shape index (κ3) is 39.2. The highest BCUT2D eigenvalue weighted by Crippen LogP contribution is 2.43. The average Bonchev–Trinajstić information content (AvgIpc) is 3.12. The van der Waals surface area contributed by atoms with Crippen molar-refractivity contribution < 1.29 is 47.2 Å². The Hall–Kier alpha value is -2.85. The molecule has 11 heteroatoms. The highest BCUT2D eigenvalue weighted by atomic mass is 31.2. The number of likely N-dealkylation sites (N-methyl/N-ethyl adjacent to an activating group) is 1. The predicted molar refractivity (Wildman–Crippen MR) is 225 cm³/mol. The molecule has 0 heterocycles. The topological polar surface area (TPSA) is 129 Å². The largest absolute Gasteiger partial charge is 0.472 e. The summed E-state index contributed by atoms with van der Waals surface area (Å²) in [5, 5.41) is 9.84. The monoisotopic (exact) mass is 793 g/mol. The van der Waals surface area contributed by atoms with E-state index in [1.807, 2.05) is 63.7 Å². The molecule has 55 heavy (non-hydrogen) atoms. The quantitative estimate of drug-likeness (QED) is 0.0161. The molecule has 0 aromatic rings. The molecule has 0 saturated heterocycles. The number of aliphatic hydroxyl groups excluding tert-OH is 1. The van der Waals surface area contributed by atoms with Gasteiger partial charge in [0.2, 0.25) is 0 Å². The molecule has 3 atom stereocenters. The number of unbranched alkanes of at least 4 members (excludes halogenated alkanes) is 7. The summed E-state index contributed by atoms with van der Waals surface area (Å²) < 4.78 is 34.1. The maximum absolute atomic E-state index is 12.6. The molecule has 10 nitrogen and oxygen atoms in total. The Labute approximate surface area is 333 Å². The Bertz CT molecular complexity index is 1230. The van der Waals surface area contributed by atoms with Crippen molar-refractivity contribution in [3.05, 3.63) is 85.1 Å². The van der Waals surface area contributed by atoms with Gasteiger partial charge in [0.1, 0.15) is 19.8 Å². The molecule has 0 saturated carbocycles. The lowest BCUT2D eigenvalue weighted by atomic mass is 10.1. The molecule has 0 radical (unpaired) electrons. The zero-order valence-electron chi connectivity index (χ0n) is 34.7. The van der Waals surface area contributed by atoms with E-state index in [0.717, 1.165) is 64.2 Å². The first-order chi connectivity index (χ1) is 26.4. The smallest absolute Gasteiger partial charge is 0.462 e. The fraction of sp³-hybridized carbons (Fsp3) is 0.636. The number of quaternary nitrogens is 1.